The summed E-state index contributed by atoms with van der Waals surface area (Å²) in [6, 6.07) is 8.88. The minimum absolute atomic E-state index is 0.115. The van der Waals surface area contributed by atoms with Crippen molar-refractivity contribution >= 4 is 33.2 Å². The molecule has 1 saturated heterocycles. The summed E-state index contributed by atoms with van der Waals surface area (Å²) in [4.78, 5) is 24.9. The molecule has 2 aromatic rings. The Morgan fingerprint density at radius 2 is 1.91 bits per heavy atom. The monoisotopic (exact) mass is 471 g/mol. The molecule has 2 heterocycles. The Bertz CT molecular complexity index is 1220. The summed E-state index contributed by atoms with van der Waals surface area (Å²) in [7, 11) is -3.85. The number of hydrogen-bond acceptors (Lipinski definition) is 5. The van der Waals surface area contributed by atoms with Crippen LogP contribution in [0, 0.1) is 26.7 Å². The number of carbonyl (C=O) groups is 2. The van der Waals surface area contributed by atoms with Gasteiger partial charge in [0.2, 0.25) is 15.9 Å². The molecule has 8 nitrogen and oxygen atoms in total. The van der Waals surface area contributed by atoms with E-state index >= 15 is 0 Å². The fraction of sp³-hybridized carbons (Fsp3) is 0.417. The Morgan fingerprint density at radius 1 is 1.15 bits per heavy atom. The van der Waals surface area contributed by atoms with Crippen LogP contribution in [0.25, 0.3) is 0 Å². The molecule has 0 aromatic heterocycles. The second kappa shape index (κ2) is 8.79. The number of rotatable bonds is 4. The first-order chi connectivity index (χ1) is 15.6. The number of carbonyl (C=O) groups excluding carboxylic acids is 2. The van der Waals surface area contributed by atoms with Gasteiger partial charge in [0.25, 0.3) is 5.91 Å². The molecule has 0 aliphatic carbocycles. The lowest BCUT2D eigenvalue weighted by molar-refractivity contribution is -0.123. The summed E-state index contributed by atoms with van der Waals surface area (Å²) in [6.07, 6.45) is 0.514. The van der Waals surface area contributed by atoms with E-state index in [1.54, 1.807) is 19.9 Å². The Labute approximate surface area is 194 Å². The van der Waals surface area contributed by atoms with E-state index in [0.717, 1.165) is 16.8 Å². The maximum absolute atomic E-state index is 13.5. The fourth-order valence-electron chi connectivity index (χ4n) is 4.32. The minimum atomic E-state index is -3.85. The van der Waals surface area contributed by atoms with Crippen LogP contribution in [0.1, 0.15) is 36.5 Å². The highest BCUT2D eigenvalue weighted by atomic mass is 32.2. The average Bonchev–Trinajstić information content (AvgIpc) is 2.76. The molecule has 4 rings (SSSR count). The number of piperidine rings is 1. The summed E-state index contributed by atoms with van der Waals surface area (Å²) in [6.45, 7) is 7.68. The Kier molecular flexibility index (Phi) is 6.20. The summed E-state index contributed by atoms with van der Waals surface area (Å²) in [5.74, 6) is -0.565. The van der Waals surface area contributed by atoms with Gasteiger partial charge in [0.1, 0.15) is 5.75 Å². The minimum Gasteiger partial charge on any atom is -0.479 e. The number of sulfonamides is 1. The lowest BCUT2D eigenvalue weighted by Crippen LogP contribution is -2.44. The number of fused-ring (bicyclic) bond motifs is 1. The zero-order chi connectivity index (χ0) is 23.9. The Morgan fingerprint density at radius 3 is 2.64 bits per heavy atom. The van der Waals surface area contributed by atoms with E-state index in [1.807, 2.05) is 32.0 Å². The Hall–Kier alpha value is -2.91. The normalized spacial score (nSPS) is 21.0. The molecule has 2 amide bonds. The highest BCUT2D eigenvalue weighted by Gasteiger charge is 2.35. The third-order valence-corrected chi connectivity index (χ3v) is 8.23. The van der Waals surface area contributed by atoms with Gasteiger partial charge in [-0.05, 0) is 63.8 Å². The van der Waals surface area contributed by atoms with Crippen molar-refractivity contribution in [3.05, 3.63) is 47.0 Å². The molecule has 33 heavy (non-hydrogen) atoms. The van der Waals surface area contributed by atoms with E-state index in [9.17, 15) is 18.0 Å². The standard InChI is InChI=1S/C24H29N3O5S/c1-14-7-8-19(15(2)10-14)25-24(29)18-6-5-9-27(13-18)33(30,31)22-12-21-20(11-16(22)3)26-23(28)17(4)32-21/h7-8,10-12,17-18H,5-6,9,13H2,1-4H3,(H,25,29)(H,26,28)/t17-,18+/m1/s1. The molecular formula is C24H29N3O5S. The van der Waals surface area contributed by atoms with Crippen molar-refractivity contribution < 1.29 is 22.7 Å². The van der Waals surface area contributed by atoms with Crippen molar-refractivity contribution in [3.8, 4) is 5.75 Å². The molecule has 1 fully saturated rings. The van der Waals surface area contributed by atoms with Crippen molar-refractivity contribution in [3.63, 3.8) is 0 Å². The molecule has 0 spiro atoms. The van der Waals surface area contributed by atoms with Crippen LogP contribution in [-0.4, -0.2) is 43.7 Å². The van der Waals surface area contributed by atoms with Crippen molar-refractivity contribution in [1.29, 1.82) is 0 Å². The van der Waals surface area contributed by atoms with E-state index < -0.39 is 22.0 Å². The van der Waals surface area contributed by atoms with Crippen LogP contribution in [0.4, 0.5) is 11.4 Å². The third-order valence-electron chi connectivity index (χ3n) is 6.22. The maximum Gasteiger partial charge on any atom is 0.265 e. The quantitative estimate of drug-likeness (QED) is 0.711. The summed E-state index contributed by atoms with van der Waals surface area (Å²) in [5, 5.41) is 5.70. The number of anilines is 2. The van der Waals surface area contributed by atoms with E-state index in [-0.39, 0.29) is 23.3 Å². The van der Waals surface area contributed by atoms with Gasteiger partial charge in [-0.1, -0.05) is 17.7 Å². The number of amides is 2. The van der Waals surface area contributed by atoms with E-state index in [1.165, 1.54) is 10.4 Å². The number of hydrogen-bond donors (Lipinski definition) is 2. The van der Waals surface area contributed by atoms with Gasteiger partial charge in [-0.25, -0.2) is 8.42 Å². The van der Waals surface area contributed by atoms with Crippen LogP contribution in [0.5, 0.6) is 5.75 Å². The SMILES string of the molecule is Cc1ccc(NC(=O)[C@H]2CCCN(S(=O)(=O)c3cc4c(cc3C)NC(=O)[C@@H](C)O4)C2)c(C)c1. The maximum atomic E-state index is 13.5. The second-order valence-electron chi connectivity index (χ2n) is 8.87. The van der Waals surface area contributed by atoms with Gasteiger partial charge in [-0.3, -0.25) is 9.59 Å². The molecule has 2 aromatic carbocycles. The van der Waals surface area contributed by atoms with Crippen LogP contribution in [-0.2, 0) is 19.6 Å². The number of benzene rings is 2. The first-order valence-electron chi connectivity index (χ1n) is 11.1. The molecule has 176 valence electrons. The molecule has 0 radical (unpaired) electrons. The summed E-state index contributed by atoms with van der Waals surface area (Å²) >= 11 is 0. The largest absolute Gasteiger partial charge is 0.479 e. The van der Waals surface area contributed by atoms with Crippen LogP contribution < -0.4 is 15.4 Å². The van der Waals surface area contributed by atoms with Gasteiger partial charge in [0.15, 0.2) is 6.10 Å². The van der Waals surface area contributed by atoms with Crippen molar-refractivity contribution in [2.45, 2.75) is 51.5 Å². The summed E-state index contributed by atoms with van der Waals surface area (Å²) < 4.78 is 34.0. The highest BCUT2D eigenvalue weighted by molar-refractivity contribution is 7.89. The van der Waals surface area contributed by atoms with Gasteiger partial charge < -0.3 is 15.4 Å². The highest BCUT2D eigenvalue weighted by Crippen LogP contribution is 2.36. The topological polar surface area (TPSA) is 105 Å². The van der Waals surface area contributed by atoms with Gasteiger partial charge in [0, 0.05) is 24.8 Å². The molecule has 0 unspecified atom stereocenters. The number of ether oxygens (including phenoxy) is 1. The van der Waals surface area contributed by atoms with Gasteiger partial charge in [-0.2, -0.15) is 4.31 Å². The van der Waals surface area contributed by atoms with E-state index in [2.05, 4.69) is 10.6 Å². The smallest absolute Gasteiger partial charge is 0.265 e. The zero-order valence-electron chi connectivity index (χ0n) is 19.3. The predicted octanol–water partition coefficient (Wildman–Crippen LogP) is 3.37. The van der Waals surface area contributed by atoms with Crippen molar-refractivity contribution in [2.24, 2.45) is 5.92 Å². The van der Waals surface area contributed by atoms with E-state index in [0.29, 0.717) is 36.4 Å². The molecule has 0 saturated carbocycles. The molecule has 9 heteroatoms. The van der Waals surface area contributed by atoms with Crippen molar-refractivity contribution in [1.82, 2.24) is 4.31 Å². The predicted molar refractivity (Wildman–Crippen MR) is 126 cm³/mol. The fourth-order valence-corrected chi connectivity index (χ4v) is 6.07. The first kappa shape index (κ1) is 23.3. The first-order valence-corrected chi connectivity index (χ1v) is 12.5. The van der Waals surface area contributed by atoms with Crippen LogP contribution >= 0.6 is 0 Å². The number of aryl methyl sites for hydroxylation is 3. The molecule has 0 bridgehead atoms. The van der Waals surface area contributed by atoms with E-state index in [4.69, 9.17) is 4.74 Å². The summed E-state index contributed by atoms with van der Waals surface area (Å²) in [5.41, 5.74) is 3.78. The molecule has 2 aliphatic heterocycles. The number of nitrogens with zero attached hydrogens (tertiary/aromatic N) is 1. The molecular weight excluding hydrogens is 442 g/mol. The van der Waals surface area contributed by atoms with Crippen LogP contribution in [0.2, 0.25) is 0 Å². The lowest BCUT2D eigenvalue weighted by atomic mass is 9.98. The molecule has 2 N–H and O–H groups in total. The van der Waals surface area contributed by atoms with Crippen LogP contribution in [0.3, 0.4) is 0 Å². The lowest BCUT2D eigenvalue weighted by Gasteiger charge is -2.32. The van der Waals surface area contributed by atoms with Crippen LogP contribution in [0.15, 0.2) is 35.2 Å². The third kappa shape index (κ3) is 4.60. The molecule has 2 atom stereocenters. The van der Waals surface area contributed by atoms with Gasteiger partial charge in [0.05, 0.1) is 16.5 Å². The zero-order valence-corrected chi connectivity index (χ0v) is 20.1. The molecule has 2 aliphatic rings. The van der Waals surface area contributed by atoms with Gasteiger partial charge >= 0.3 is 0 Å². The average molecular weight is 472 g/mol. The Balaban J connectivity index is 1.54. The second-order valence-corrected chi connectivity index (χ2v) is 10.8. The van der Waals surface area contributed by atoms with Crippen molar-refractivity contribution in [2.75, 3.05) is 23.7 Å². The number of nitrogens with one attached hydrogen (secondary N) is 2. The van der Waals surface area contributed by atoms with Gasteiger partial charge in [-0.15, -0.1) is 0 Å².